The van der Waals surface area contributed by atoms with Gasteiger partial charge in [0.2, 0.25) is 0 Å². The minimum atomic E-state index is -0.310. The van der Waals surface area contributed by atoms with Crippen LogP contribution < -0.4 is 0 Å². The number of rotatable bonds is 7. The monoisotopic (exact) mass is 298 g/mol. The first-order chi connectivity index (χ1) is 10.7. The van der Waals surface area contributed by atoms with E-state index in [-0.39, 0.29) is 30.5 Å². The van der Waals surface area contributed by atoms with Crippen molar-refractivity contribution in [2.45, 2.75) is 25.7 Å². The molecule has 0 bridgehead atoms. The molecular weight excluding hydrogens is 280 g/mol. The van der Waals surface area contributed by atoms with E-state index < -0.39 is 0 Å². The van der Waals surface area contributed by atoms with Gasteiger partial charge in [-0.3, -0.25) is 19.6 Å². The van der Waals surface area contributed by atoms with Gasteiger partial charge >= 0.3 is 5.97 Å². The summed E-state index contributed by atoms with van der Waals surface area (Å²) < 4.78 is 5.00. The number of Topliss-reactive ketones (excluding diaryl/α,β-unsaturated/α-hetero) is 1. The second-order valence-corrected chi connectivity index (χ2v) is 4.86. The number of esters is 1. The third-order valence-corrected chi connectivity index (χ3v) is 3.29. The minimum Gasteiger partial charge on any atom is -0.466 e. The minimum absolute atomic E-state index is 0.0498. The van der Waals surface area contributed by atoms with Crippen LogP contribution in [0.4, 0.5) is 0 Å². The molecule has 22 heavy (non-hydrogen) atoms. The maximum Gasteiger partial charge on any atom is 0.306 e. The third-order valence-electron chi connectivity index (χ3n) is 3.29. The Morgan fingerprint density at radius 2 is 1.82 bits per heavy atom. The van der Waals surface area contributed by atoms with Crippen LogP contribution in [0.5, 0.6) is 0 Å². The highest BCUT2D eigenvalue weighted by atomic mass is 16.5. The van der Waals surface area contributed by atoms with Crippen molar-refractivity contribution in [3.63, 3.8) is 0 Å². The lowest BCUT2D eigenvalue weighted by Crippen LogP contribution is -2.14. The molecule has 0 aromatic carbocycles. The van der Waals surface area contributed by atoms with E-state index in [9.17, 15) is 9.59 Å². The molecule has 0 aliphatic heterocycles. The number of ketones is 1. The first kappa shape index (κ1) is 15.8. The highest BCUT2D eigenvalue weighted by Crippen LogP contribution is 2.25. The first-order valence-corrected chi connectivity index (χ1v) is 7.19. The van der Waals surface area contributed by atoms with Gasteiger partial charge in [0.15, 0.2) is 5.78 Å². The van der Waals surface area contributed by atoms with E-state index in [1.807, 2.05) is 6.07 Å². The second-order valence-electron chi connectivity index (χ2n) is 4.86. The van der Waals surface area contributed by atoms with E-state index in [4.69, 9.17) is 4.74 Å². The van der Waals surface area contributed by atoms with Gasteiger partial charge in [-0.15, -0.1) is 0 Å². The van der Waals surface area contributed by atoms with Gasteiger partial charge < -0.3 is 4.74 Å². The Labute approximate surface area is 129 Å². The summed E-state index contributed by atoms with van der Waals surface area (Å²) in [5, 5.41) is 0. The lowest BCUT2D eigenvalue weighted by Gasteiger charge is -2.15. The fraction of sp³-hybridized carbons (Fsp3) is 0.294. The quantitative estimate of drug-likeness (QED) is 0.580. The number of nitrogens with zero attached hydrogens (tertiary/aromatic N) is 2. The van der Waals surface area contributed by atoms with Gasteiger partial charge in [0, 0.05) is 42.7 Å². The molecule has 0 aliphatic rings. The predicted molar refractivity (Wildman–Crippen MR) is 81.4 cm³/mol. The lowest BCUT2D eigenvalue weighted by molar-refractivity contribution is -0.143. The molecule has 2 aromatic heterocycles. The Morgan fingerprint density at radius 3 is 2.41 bits per heavy atom. The molecule has 0 amide bonds. The van der Waals surface area contributed by atoms with Gasteiger partial charge in [-0.05, 0) is 30.7 Å². The topological polar surface area (TPSA) is 69.2 Å². The van der Waals surface area contributed by atoms with Crippen LogP contribution in [-0.2, 0) is 9.53 Å². The number of hydrogen-bond donors (Lipinski definition) is 0. The predicted octanol–water partition coefficient (Wildman–Crippen LogP) is 2.79. The van der Waals surface area contributed by atoms with Crippen LogP contribution in [-0.4, -0.2) is 28.3 Å². The molecule has 2 heterocycles. The fourth-order valence-electron chi connectivity index (χ4n) is 2.22. The molecule has 114 valence electrons. The summed E-state index contributed by atoms with van der Waals surface area (Å²) in [4.78, 5) is 32.1. The number of carbonyl (C=O) groups is 2. The van der Waals surface area contributed by atoms with Crippen molar-refractivity contribution in [2.24, 2.45) is 0 Å². The van der Waals surface area contributed by atoms with E-state index in [0.29, 0.717) is 12.2 Å². The van der Waals surface area contributed by atoms with E-state index >= 15 is 0 Å². The zero-order valence-electron chi connectivity index (χ0n) is 12.4. The molecule has 2 aromatic rings. The van der Waals surface area contributed by atoms with Gasteiger partial charge in [-0.25, -0.2) is 0 Å². The number of pyridine rings is 2. The normalized spacial score (nSPS) is 11.7. The van der Waals surface area contributed by atoms with Crippen molar-refractivity contribution in [1.82, 2.24) is 9.97 Å². The van der Waals surface area contributed by atoms with Crippen LogP contribution in [0.25, 0.3) is 0 Å². The van der Waals surface area contributed by atoms with E-state index in [2.05, 4.69) is 9.97 Å². The van der Waals surface area contributed by atoms with E-state index in [1.54, 1.807) is 43.7 Å². The summed E-state index contributed by atoms with van der Waals surface area (Å²) >= 11 is 0. The number of hydrogen-bond acceptors (Lipinski definition) is 5. The smallest absolute Gasteiger partial charge is 0.306 e. The largest absolute Gasteiger partial charge is 0.466 e. The van der Waals surface area contributed by atoms with Crippen LogP contribution in [0, 0.1) is 0 Å². The standard InChI is InChI=1S/C17H18N2O3/c1-2-22-17(21)10-15(13-5-3-7-18-11-13)9-16(20)14-6-4-8-19-12-14/h3-8,11-12,15H,2,9-10H2,1H3/t15-/m1/s1. The number of ether oxygens (including phenoxy) is 1. The Morgan fingerprint density at radius 1 is 1.09 bits per heavy atom. The SMILES string of the molecule is CCOC(=O)C[C@@H](CC(=O)c1cccnc1)c1cccnc1. The lowest BCUT2D eigenvalue weighted by atomic mass is 9.90. The summed E-state index contributed by atoms with van der Waals surface area (Å²) in [7, 11) is 0. The molecule has 5 heteroatoms. The maximum atomic E-state index is 12.4. The zero-order valence-corrected chi connectivity index (χ0v) is 12.4. The van der Waals surface area contributed by atoms with Crippen LogP contribution in [0.15, 0.2) is 49.1 Å². The van der Waals surface area contributed by atoms with Crippen molar-refractivity contribution < 1.29 is 14.3 Å². The Balaban J connectivity index is 2.14. The van der Waals surface area contributed by atoms with E-state index in [0.717, 1.165) is 5.56 Å². The fourth-order valence-corrected chi connectivity index (χ4v) is 2.22. The van der Waals surface area contributed by atoms with Gasteiger partial charge in [0.25, 0.3) is 0 Å². The number of aromatic nitrogens is 2. The van der Waals surface area contributed by atoms with Gasteiger partial charge in [-0.1, -0.05) is 6.07 Å². The highest BCUT2D eigenvalue weighted by Gasteiger charge is 2.21. The van der Waals surface area contributed by atoms with Crippen molar-refractivity contribution in [2.75, 3.05) is 6.61 Å². The van der Waals surface area contributed by atoms with Gasteiger partial charge in [-0.2, -0.15) is 0 Å². The van der Waals surface area contributed by atoms with Crippen molar-refractivity contribution in [1.29, 1.82) is 0 Å². The average Bonchev–Trinajstić information content (AvgIpc) is 2.56. The molecule has 0 saturated carbocycles. The van der Waals surface area contributed by atoms with Crippen LogP contribution in [0.1, 0.15) is 41.6 Å². The van der Waals surface area contributed by atoms with Crippen molar-refractivity contribution in [3.8, 4) is 0 Å². The highest BCUT2D eigenvalue weighted by molar-refractivity contribution is 5.96. The molecule has 0 spiro atoms. The molecule has 5 nitrogen and oxygen atoms in total. The molecule has 0 N–H and O–H groups in total. The summed E-state index contributed by atoms with van der Waals surface area (Å²) in [6.45, 7) is 2.09. The second kappa shape index (κ2) is 8.02. The molecule has 0 unspecified atom stereocenters. The molecular formula is C17H18N2O3. The zero-order chi connectivity index (χ0) is 15.8. The van der Waals surface area contributed by atoms with E-state index in [1.165, 1.54) is 6.20 Å². The summed E-state index contributed by atoms with van der Waals surface area (Å²) in [6, 6.07) is 7.10. The Kier molecular flexibility index (Phi) is 5.77. The molecule has 2 rings (SSSR count). The average molecular weight is 298 g/mol. The van der Waals surface area contributed by atoms with Crippen molar-refractivity contribution >= 4 is 11.8 Å². The van der Waals surface area contributed by atoms with Gasteiger partial charge in [0.05, 0.1) is 13.0 Å². The van der Waals surface area contributed by atoms with Crippen LogP contribution >= 0.6 is 0 Å². The van der Waals surface area contributed by atoms with Crippen LogP contribution in [0.2, 0.25) is 0 Å². The third kappa shape index (κ3) is 4.48. The van der Waals surface area contributed by atoms with Gasteiger partial charge in [0.1, 0.15) is 0 Å². The van der Waals surface area contributed by atoms with Crippen molar-refractivity contribution in [3.05, 3.63) is 60.2 Å². The Hall–Kier alpha value is -2.56. The maximum absolute atomic E-state index is 12.4. The molecule has 0 aliphatic carbocycles. The summed E-state index contributed by atoms with van der Waals surface area (Å²) in [5.74, 6) is -0.609. The molecule has 0 radical (unpaired) electrons. The first-order valence-electron chi connectivity index (χ1n) is 7.19. The number of carbonyl (C=O) groups excluding carboxylic acids is 2. The molecule has 0 saturated heterocycles. The molecule has 1 atom stereocenters. The summed E-state index contributed by atoms with van der Waals surface area (Å²) in [5.41, 5.74) is 1.40. The Bertz CT molecular complexity index is 614. The molecule has 0 fully saturated rings. The van der Waals surface area contributed by atoms with Crippen LogP contribution in [0.3, 0.4) is 0 Å². The summed E-state index contributed by atoms with van der Waals surface area (Å²) in [6.07, 6.45) is 6.87.